The molecule has 0 aliphatic heterocycles. The van der Waals surface area contributed by atoms with Gasteiger partial charge >= 0.3 is 0 Å². The van der Waals surface area contributed by atoms with Crippen LogP contribution in [0, 0.1) is 0 Å². The van der Waals surface area contributed by atoms with E-state index < -0.39 is 9.84 Å². The van der Waals surface area contributed by atoms with Gasteiger partial charge in [0.05, 0.1) is 10.6 Å². The van der Waals surface area contributed by atoms with Gasteiger partial charge in [-0.2, -0.15) is 5.10 Å². The Bertz CT molecular complexity index is 690. The van der Waals surface area contributed by atoms with Gasteiger partial charge in [-0.05, 0) is 12.1 Å². The zero-order valence-corrected chi connectivity index (χ0v) is 11.3. The molecule has 0 heterocycles. The summed E-state index contributed by atoms with van der Waals surface area (Å²) in [6, 6.07) is 16.0. The van der Waals surface area contributed by atoms with Crippen molar-refractivity contribution in [3.05, 3.63) is 65.7 Å². The minimum absolute atomic E-state index is 0.278. The molecule has 0 saturated carbocycles. The topological polar surface area (TPSA) is 72.5 Å². The number of hydrogen-bond donors (Lipinski definition) is 1. The fraction of sp³-hybridized carbons (Fsp3) is 0.0714. The first kappa shape index (κ1) is 13.3. The summed E-state index contributed by atoms with van der Waals surface area (Å²) in [4.78, 5) is 0.278. The highest BCUT2D eigenvalue weighted by molar-refractivity contribution is 7.90. The molecular formula is C14H14N2O2S. The van der Waals surface area contributed by atoms with Crippen LogP contribution < -0.4 is 5.84 Å². The van der Waals surface area contributed by atoms with Gasteiger partial charge < -0.3 is 5.84 Å². The van der Waals surface area contributed by atoms with E-state index in [1.165, 1.54) is 6.26 Å². The number of nitrogens with zero attached hydrogens (tertiary/aromatic N) is 1. The summed E-state index contributed by atoms with van der Waals surface area (Å²) in [6.45, 7) is 0. The lowest BCUT2D eigenvalue weighted by atomic mass is 10.0. The number of benzene rings is 2. The zero-order chi connectivity index (χ0) is 13.9. The lowest BCUT2D eigenvalue weighted by Crippen LogP contribution is -2.07. The second-order valence-corrected chi connectivity index (χ2v) is 6.16. The van der Waals surface area contributed by atoms with Crippen molar-refractivity contribution in [2.45, 2.75) is 4.90 Å². The molecule has 0 fully saturated rings. The molecule has 0 unspecified atom stereocenters. The van der Waals surface area contributed by atoms with Crippen LogP contribution >= 0.6 is 0 Å². The summed E-state index contributed by atoms with van der Waals surface area (Å²) in [7, 11) is -3.19. The van der Waals surface area contributed by atoms with Gasteiger partial charge in [-0.3, -0.25) is 0 Å². The van der Waals surface area contributed by atoms with Crippen molar-refractivity contribution in [2.75, 3.05) is 6.26 Å². The van der Waals surface area contributed by atoms with E-state index in [-0.39, 0.29) is 4.90 Å². The van der Waals surface area contributed by atoms with Gasteiger partial charge in [-0.1, -0.05) is 42.5 Å². The van der Waals surface area contributed by atoms with E-state index in [1.807, 2.05) is 30.3 Å². The molecule has 0 atom stereocenters. The van der Waals surface area contributed by atoms with Crippen molar-refractivity contribution < 1.29 is 8.42 Å². The van der Waals surface area contributed by atoms with Crippen molar-refractivity contribution in [3.8, 4) is 0 Å². The summed E-state index contributed by atoms with van der Waals surface area (Å²) in [5.41, 5.74) is 2.29. The molecule has 98 valence electrons. The van der Waals surface area contributed by atoms with Crippen molar-refractivity contribution in [3.63, 3.8) is 0 Å². The Kier molecular flexibility index (Phi) is 3.66. The number of rotatable bonds is 3. The fourth-order valence-electron chi connectivity index (χ4n) is 1.77. The third kappa shape index (κ3) is 3.00. The van der Waals surface area contributed by atoms with Crippen molar-refractivity contribution in [1.82, 2.24) is 0 Å². The molecule has 5 heteroatoms. The van der Waals surface area contributed by atoms with Crippen molar-refractivity contribution in [2.24, 2.45) is 10.9 Å². The normalized spacial score (nSPS) is 12.4. The molecule has 2 N–H and O–H groups in total. The summed E-state index contributed by atoms with van der Waals surface area (Å²) in [6.07, 6.45) is 1.18. The summed E-state index contributed by atoms with van der Waals surface area (Å²) in [5.74, 6) is 5.43. The Morgan fingerprint density at radius 2 is 1.47 bits per heavy atom. The fourth-order valence-corrected chi connectivity index (χ4v) is 2.40. The third-order valence-electron chi connectivity index (χ3n) is 2.73. The Morgan fingerprint density at radius 3 is 1.95 bits per heavy atom. The molecule has 0 amide bonds. The van der Waals surface area contributed by atoms with Crippen LogP contribution in [-0.2, 0) is 9.84 Å². The molecule has 0 spiro atoms. The predicted molar refractivity (Wildman–Crippen MR) is 75.8 cm³/mol. The maximum atomic E-state index is 11.4. The highest BCUT2D eigenvalue weighted by atomic mass is 32.2. The number of hydrogen-bond acceptors (Lipinski definition) is 4. The minimum atomic E-state index is -3.19. The summed E-state index contributed by atoms with van der Waals surface area (Å²) in [5, 5.41) is 3.79. The second-order valence-electron chi connectivity index (χ2n) is 4.14. The molecule has 0 bridgehead atoms. The first-order chi connectivity index (χ1) is 9.02. The smallest absolute Gasteiger partial charge is 0.175 e. The average molecular weight is 274 g/mol. The van der Waals surface area contributed by atoms with Gasteiger partial charge in [-0.25, -0.2) is 8.42 Å². The van der Waals surface area contributed by atoms with Crippen LogP contribution in [0.3, 0.4) is 0 Å². The monoisotopic (exact) mass is 274 g/mol. The maximum absolute atomic E-state index is 11.4. The second kappa shape index (κ2) is 5.24. The van der Waals surface area contributed by atoms with E-state index in [0.717, 1.165) is 11.1 Å². The molecule has 19 heavy (non-hydrogen) atoms. The highest BCUT2D eigenvalue weighted by Gasteiger charge is 2.10. The quantitative estimate of drug-likeness (QED) is 0.527. The molecule has 2 aromatic rings. The van der Waals surface area contributed by atoms with Gasteiger partial charge in [0.2, 0.25) is 0 Å². The molecule has 4 nitrogen and oxygen atoms in total. The largest absolute Gasteiger partial charge is 0.323 e. The van der Waals surface area contributed by atoms with Crippen molar-refractivity contribution in [1.29, 1.82) is 0 Å². The SMILES string of the molecule is CS(=O)(=O)c1ccc(/C(=N\N)c2ccccc2)cc1. The Labute approximate surface area is 112 Å². The highest BCUT2D eigenvalue weighted by Crippen LogP contribution is 2.14. The van der Waals surface area contributed by atoms with Crippen LogP contribution in [0.15, 0.2) is 64.6 Å². The number of nitrogens with two attached hydrogens (primary N) is 1. The Hall–Kier alpha value is -2.14. The van der Waals surface area contributed by atoms with Gasteiger partial charge in [0.1, 0.15) is 0 Å². The van der Waals surface area contributed by atoms with Gasteiger partial charge in [0.25, 0.3) is 0 Å². The molecule has 0 saturated heterocycles. The maximum Gasteiger partial charge on any atom is 0.175 e. The average Bonchev–Trinajstić information content (AvgIpc) is 2.40. The van der Waals surface area contributed by atoms with Gasteiger partial charge in [0.15, 0.2) is 9.84 Å². The van der Waals surface area contributed by atoms with Gasteiger partial charge in [-0.15, -0.1) is 0 Å². The molecule has 2 rings (SSSR count). The van der Waals surface area contributed by atoms with E-state index in [1.54, 1.807) is 24.3 Å². The van der Waals surface area contributed by atoms with E-state index >= 15 is 0 Å². The lowest BCUT2D eigenvalue weighted by Gasteiger charge is -2.06. The standard InChI is InChI=1S/C14H14N2O2S/c1-19(17,18)13-9-7-12(8-10-13)14(16-15)11-5-3-2-4-6-11/h2-10H,15H2,1H3/b16-14-. The molecule has 0 aliphatic rings. The van der Waals surface area contributed by atoms with E-state index in [9.17, 15) is 8.42 Å². The van der Waals surface area contributed by atoms with Crippen LogP contribution in [0.1, 0.15) is 11.1 Å². The first-order valence-electron chi connectivity index (χ1n) is 5.66. The zero-order valence-electron chi connectivity index (χ0n) is 10.4. The van der Waals surface area contributed by atoms with E-state index in [4.69, 9.17) is 5.84 Å². The molecule has 0 aromatic heterocycles. The first-order valence-corrected chi connectivity index (χ1v) is 7.55. The third-order valence-corrected chi connectivity index (χ3v) is 3.86. The molecule has 0 aliphatic carbocycles. The van der Waals surface area contributed by atoms with Crippen LogP contribution in [0.25, 0.3) is 0 Å². The molecular weight excluding hydrogens is 260 g/mol. The van der Waals surface area contributed by atoms with E-state index in [0.29, 0.717) is 5.71 Å². The summed E-state index contributed by atoms with van der Waals surface area (Å²) < 4.78 is 22.8. The minimum Gasteiger partial charge on any atom is -0.323 e. The lowest BCUT2D eigenvalue weighted by molar-refractivity contribution is 0.602. The number of sulfone groups is 1. The van der Waals surface area contributed by atoms with E-state index in [2.05, 4.69) is 5.10 Å². The summed E-state index contributed by atoms with van der Waals surface area (Å²) >= 11 is 0. The Morgan fingerprint density at radius 1 is 0.947 bits per heavy atom. The van der Waals surface area contributed by atoms with Crippen LogP contribution in [0.2, 0.25) is 0 Å². The van der Waals surface area contributed by atoms with Crippen molar-refractivity contribution >= 4 is 15.5 Å². The Balaban J connectivity index is 2.42. The molecule has 0 radical (unpaired) electrons. The predicted octanol–water partition coefficient (Wildman–Crippen LogP) is 1.80. The van der Waals surface area contributed by atoms with Crippen LogP contribution in [-0.4, -0.2) is 20.4 Å². The number of hydrazone groups is 1. The van der Waals surface area contributed by atoms with Crippen LogP contribution in [0.5, 0.6) is 0 Å². The molecule has 2 aromatic carbocycles. The van der Waals surface area contributed by atoms with Crippen LogP contribution in [0.4, 0.5) is 0 Å². The van der Waals surface area contributed by atoms with Gasteiger partial charge in [0, 0.05) is 17.4 Å².